The van der Waals surface area contributed by atoms with E-state index >= 15 is 0 Å². The maximum absolute atomic E-state index is 11.9. The first kappa shape index (κ1) is 18.0. The zero-order chi connectivity index (χ0) is 18.2. The highest BCUT2D eigenvalue weighted by Gasteiger charge is 2.13. The zero-order valence-corrected chi connectivity index (χ0v) is 15.0. The number of guanidine groups is 1. The Labute approximate surface area is 154 Å². The van der Waals surface area contributed by atoms with Crippen LogP contribution in [-0.2, 0) is 24.2 Å². The van der Waals surface area contributed by atoms with Gasteiger partial charge in [-0.05, 0) is 48.4 Å². The van der Waals surface area contributed by atoms with Crippen LogP contribution in [0, 0.1) is 0 Å². The van der Waals surface area contributed by atoms with E-state index in [1.54, 1.807) is 0 Å². The van der Waals surface area contributed by atoms with Crippen LogP contribution in [0.15, 0.2) is 53.5 Å². The average molecular weight is 350 g/mol. The van der Waals surface area contributed by atoms with Crippen LogP contribution in [0.5, 0.6) is 0 Å². The highest BCUT2D eigenvalue weighted by atomic mass is 16.1. The van der Waals surface area contributed by atoms with Gasteiger partial charge in [-0.3, -0.25) is 9.79 Å². The van der Waals surface area contributed by atoms with E-state index in [4.69, 9.17) is 5.73 Å². The molecule has 0 spiro atoms. The number of amides is 1. The third-order valence-electron chi connectivity index (χ3n) is 4.61. The number of hydrogen-bond acceptors (Lipinski definition) is 2. The smallest absolute Gasteiger partial charge is 0.222 e. The Kier molecular flexibility index (Phi) is 6.25. The van der Waals surface area contributed by atoms with Gasteiger partial charge in [-0.2, -0.15) is 0 Å². The summed E-state index contributed by atoms with van der Waals surface area (Å²) >= 11 is 0. The molecule has 1 amide bonds. The Morgan fingerprint density at radius 2 is 1.85 bits per heavy atom. The minimum atomic E-state index is -0.0255. The molecule has 2 aromatic rings. The van der Waals surface area contributed by atoms with Crippen LogP contribution in [0.4, 0.5) is 5.69 Å². The van der Waals surface area contributed by atoms with Crippen molar-refractivity contribution in [3.63, 3.8) is 0 Å². The molecule has 0 saturated heterocycles. The summed E-state index contributed by atoms with van der Waals surface area (Å²) < 4.78 is 0. The number of benzene rings is 2. The van der Waals surface area contributed by atoms with Gasteiger partial charge in [0.25, 0.3) is 0 Å². The monoisotopic (exact) mass is 350 g/mol. The molecule has 4 N–H and O–H groups in total. The summed E-state index contributed by atoms with van der Waals surface area (Å²) in [5.74, 6) is 0.335. The van der Waals surface area contributed by atoms with Gasteiger partial charge in [0.1, 0.15) is 0 Å². The van der Waals surface area contributed by atoms with Crippen molar-refractivity contribution in [2.45, 2.75) is 38.6 Å². The molecule has 0 saturated carbocycles. The van der Waals surface area contributed by atoms with Crippen LogP contribution in [-0.4, -0.2) is 18.4 Å². The Bertz CT molecular complexity index is 771. The molecule has 5 heteroatoms. The fourth-order valence-electron chi connectivity index (χ4n) is 3.24. The molecule has 5 nitrogen and oxygen atoms in total. The molecule has 1 aliphatic carbocycles. The summed E-state index contributed by atoms with van der Waals surface area (Å²) in [6, 6.07) is 16.1. The molecular weight excluding hydrogens is 324 g/mol. The second-order valence-electron chi connectivity index (χ2n) is 6.55. The summed E-state index contributed by atoms with van der Waals surface area (Å²) in [4.78, 5) is 16.2. The van der Waals surface area contributed by atoms with Crippen LogP contribution in [0.3, 0.4) is 0 Å². The van der Waals surface area contributed by atoms with Gasteiger partial charge < -0.3 is 16.4 Å². The normalized spacial score (nSPS) is 13.8. The molecule has 2 aromatic carbocycles. The van der Waals surface area contributed by atoms with Gasteiger partial charge in [0, 0.05) is 18.7 Å². The molecule has 0 atom stereocenters. The Balaban J connectivity index is 1.46. The zero-order valence-electron chi connectivity index (χ0n) is 15.0. The van der Waals surface area contributed by atoms with Crippen molar-refractivity contribution in [3.05, 3.63) is 65.2 Å². The molecular formula is C21H26N4O. The van der Waals surface area contributed by atoms with Gasteiger partial charge in [-0.1, -0.05) is 42.5 Å². The number of nitrogens with one attached hydrogen (secondary N) is 2. The summed E-state index contributed by atoms with van der Waals surface area (Å²) in [6.45, 7) is 0.905. The van der Waals surface area contributed by atoms with Crippen molar-refractivity contribution in [1.29, 1.82) is 0 Å². The number of fused-ring (bicyclic) bond motifs is 1. The third-order valence-corrected chi connectivity index (χ3v) is 4.61. The highest BCUT2D eigenvalue weighted by Crippen LogP contribution is 2.27. The molecule has 0 fully saturated rings. The predicted octanol–water partition coefficient (Wildman–Crippen LogP) is 3.00. The Morgan fingerprint density at radius 1 is 1.04 bits per heavy atom. The van der Waals surface area contributed by atoms with E-state index in [-0.39, 0.29) is 5.91 Å². The molecule has 0 radical (unpaired) electrons. The van der Waals surface area contributed by atoms with E-state index in [1.165, 1.54) is 24.0 Å². The second kappa shape index (κ2) is 9.04. The van der Waals surface area contributed by atoms with Crippen molar-refractivity contribution in [2.24, 2.45) is 10.7 Å². The first-order chi connectivity index (χ1) is 12.7. The van der Waals surface area contributed by atoms with Crippen LogP contribution in [0.2, 0.25) is 0 Å². The first-order valence-electron chi connectivity index (χ1n) is 9.21. The standard InChI is InChI=1S/C21H26N4O/c22-21(25-19-12-6-10-17-9-4-5-11-18(17)19)23-14-13-20(26)24-15-16-7-2-1-3-8-16/h1-3,6-8,10,12H,4-5,9,11,13-15H2,(H,24,26)(H3,22,23,25). The van der Waals surface area contributed by atoms with Gasteiger partial charge in [0.15, 0.2) is 5.96 Å². The van der Waals surface area contributed by atoms with E-state index < -0.39 is 0 Å². The molecule has 136 valence electrons. The quantitative estimate of drug-likeness (QED) is 0.553. The van der Waals surface area contributed by atoms with Gasteiger partial charge in [-0.15, -0.1) is 0 Å². The lowest BCUT2D eigenvalue weighted by Gasteiger charge is -2.19. The number of aliphatic imine (C=N–C) groups is 1. The molecule has 3 rings (SSSR count). The summed E-state index contributed by atoms with van der Waals surface area (Å²) in [6.07, 6.45) is 4.99. The number of nitrogens with zero attached hydrogens (tertiary/aromatic N) is 1. The summed E-state index contributed by atoms with van der Waals surface area (Å²) in [5, 5.41) is 6.09. The largest absolute Gasteiger partial charge is 0.370 e. The van der Waals surface area contributed by atoms with E-state index in [0.29, 0.717) is 25.5 Å². The highest BCUT2D eigenvalue weighted by molar-refractivity contribution is 5.93. The molecule has 0 unspecified atom stereocenters. The van der Waals surface area contributed by atoms with Gasteiger partial charge in [0.05, 0.1) is 6.54 Å². The lowest BCUT2D eigenvalue weighted by Crippen LogP contribution is -2.26. The maximum atomic E-state index is 11.9. The summed E-state index contributed by atoms with van der Waals surface area (Å²) in [7, 11) is 0. The van der Waals surface area contributed by atoms with Crippen molar-refractivity contribution in [1.82, 2.24) is 5.32 Å². The molecule has 26 heavy (non-hydrogen) atoms. The lowest BCUT2D eigenvalue weighted by atomic mass is 9.90. The molecule has 0 aliphatic heterocycles. The fourth-order valence-corrected chi connectivity index (χ4v) is 3.24. The molecule has 0 heterocycles. The lowest BCUT2D eigenvalue weighted by molar-refractivity contribution is -0.121. The van der Waals surface area contributed by atoms with E-state index in [9.17, 15) is 4.79 Å². The van der Waals surface area contributed by atoms with Crippen molar-refractivity contribution in [2.75, 3.05) is 11.9 Å². The molecule has 0 aromatic heterocycles. The second-order valence-corrected chi connectivity index (χ2v) is 6.55. The first-order valence-corrected chi connectivity index (χ1v) is 9.21. The fraction of sp³-hybridized carbons (Fsp3) is 0.333. The molecule has 1 aliphatic rings. The van der Waals surface area contributed by atoms with E-state index in [2.05, 4.69) is 27.8 Å². The number of rotatable bonds is 6. The van der Waals surface area contributed by atoms with Crippen molar-refractivity contribution < 1.29 is 4.79 Å². The van der Waals surface area contributed by atoms with E-state index in [0.717, 1.165) is 24.1 Å². The predicted molar refractivity (Wildman–Crippen MR) is 106 cm³/mol. The number of carbonyl (C=O) groups excluding carboxylic acids is 1. The topological polar surface area (TPSA) is 79.5 Å². The SMILES string of the molecule is NC(=NCCC(=O)NCc1ccccc1)Nc1cccc2c1CCCC2. The van der Waals surface area contributed by atoms with Crippen LogP contribution >= 0.6 is 0 Å². The number of aryl methyl sites for hydroxylation is 1. The van der Waals surface area contributed by atoms with Gasteiger partial charge in [-0.25, -0.2) is 0 Å². The van der Waals surface area contributed by atoms with Crippen LogP contribution < -0.4 is 16.4 Å². The average Bonchev–Trinajstić information content (AvgIpc) is 2.67. The van der Waals surface area contributed by atoms with Crippen LogP contribution in [0.1, 0.15) is 36.0 Å². The maximum Gasteiger partial charge on any atom is 0.222 e. The molecule has 0 bridgehead atoms. The minimum absolute atomic E-state index is 0.0255. The Hall–Kier alpha value is -2.82. The minimum Gasteiger partial charge on any atom is -0.370 e. The van der Waals surface area contributed by atoms with Crippen LogP contribution in [0.25, 0.3) is 0 Å². The third kappa shape index (κ3) is 5.09. The number of anilines is 1. The number of carbonyl (C=O) groups is 1. The van der Waals surface area contributed by atoms with E-state index in [1.807, 2.05) is 36.4 Å². The van der Waals surface area contributed by atoms with Gasteiger partial charge in [0.2, 0.25) is 5.91 Å². The van der Waals surface area contributed by atoms with Crippen molar-refractivity contribution in [3.8, 4) is 0 Å². The number of hydrogen-bond donors (Lipinski definition) is 3. The van der Waals surface area contributed by atoms with Gasteiger partial charge >= 0.3 is 0 Å². The number of nitrogens with two attached hydrogens (primary N) is 1. The van der Waals surface area contributed by atoms with Crippen molar-refractivity contribution >= 4 is 17.6 Å². The summed E-state index contributed by atoms with van der Waals surface area (Å²) in [5.41, 5.74) is 10.9. The Morgan fingerprint density at radius 3 is 2.69 bits per heavy atom.